The molecule has 6 heteroatoms. The lowest BCUT2D eigenvalue weighted by atomic mass is 10.2. The molecule has 1 amide bonds. The Morgan fingerprint density at radius 3 is 3.12 bits per heavy atom. The molecule has 1 saturated heterocycles. The molecule has 0 aromatic carbocycles. The molecule has 6 nitrogen and oxygen atoms in total. The maximum absolute atomic E-state index is 12.1. The second kappa shape index (κ2) is 4.46. The molecule has 2 rings (SSSR count). The van der Waals surface area contributed by atoms with Gasteiger partial charge in [0.15, 0.2) is 0 Å². The van der Waals surface area contributed by atoms with Crippen LogP contribution in [0, 0.1) is 0 Å². The van der Waals surface area contributed by atoms with Crippen molar-refractivity contribution in [3.05, 3.63) is 24.0 Å². The van der Waals surface area contributed by atoms with E-state index < -0.39 is 6.10 Å². The number of amides is 1. The number of hydrogen-bond donors (Lipinski definition) is 3. The molecule has 4 N–H and O–H groups in total. The van der Waals surface area contributed by atoms with Crippen molar-refractivity contribution in [1.29, 1.82) is 0 Å². The first kappa shape index (κ1) is 10.8. The Kier molecular flexibility index (Phi) is 3.02. The van der Waals surface area contributed by atoms with Crippen LogP contribution in [0.3, 0.4) is 0 Å². The number of carbonyl (C=O) groups excluding carboxylic acids is 1. The number of nitrogens with one attached hydrogen (secondary N) is 1. The van der Waals surface area contributed by atoms with Gasteiger partial charge in [-0.1, -0.05) is 0 Å². The van der Waals surface area contributed by atoms with Crippen molar-refractivity contribution in [3.8, 4) is 0 Å². The minimum absolute atomic E-state index is 0.155. The summed E-state index contributed by atoms with van der Waals surface area (Å²) >= 11 is 0. The van der Waals surface area contributed by atoms with Crippen LogP contribution in [0.1, 0.15) is 16.8 Å². The third-order valence-corrected chi connectivity index (χ3v) is 2.66. The van der Waals surface area contributed by atoms with Gasteiger partial charge in [-0.15, -0.1) is 0 Å². The van der Waals surface area contributed by atoms with Crippen molar-refractivity contribution in [3.63, 3.8) is 0 Å². The number of aromatic nitrogens is 1. The van der Waals surface area contributed by atoms with Crippen molar-refractivity contribution < 1.29 is 9.90 Å². The zero-order chi connectivity index (χ0) is 11.5. The molecule has 1 fully saturated rings. The molecule has 1 atom stereocenters. The summed E-state index contributed by atoms with van der Waals surface area (Å²) in [6.45, 7) is 0.941. The molecule has 0 aliphatic carbocycles. The van der Waals surface area contributed by atoms with Crippen LogP contribution in [0.25, 0.3) is 0 Å². The van der Waals surface area contributed by atoms with Crippen molar-refractivity contribution in [2.45, 2.75) is 12.5 Å². The summed E-state index contributed by atoms with van der Waals surface area (Å²) in [5.74, 6) is 5.16. The first-order chi connectivity index (χ1) is 7.72. The van der Waals surface area contributed by atoms with Gasteiger partial charge in [0.25, 0.3) is 5.91 Å². The summed E-state index contributed by atoms with van der Waals surface area (Å²) in [6, 6.07) is 1.64. The average molecular weight is 222 g/mol. The molecule has 1 aliphatic heterocycles. The number of nitrogen functional groups attached to an aromatic ring is 1. The fourth-order valence-electron chi connectivity index (χ4n) is 1.79. The fraction of sp³-hybridized carbons (Fsp3) is 0.400. The third kappa shape index (κ3) is 1.98. The number of carbonyl (C=O) groups is 1. The molecule has 1 aromatic rings. The van der Waals surface area contributed by atoms with E-state index in [-0.39, 0.29) is 5.91 Å². The van der Waals surface area contributed by atoms with Gasteiger partial charge in [0.05, 0.1) is 17.4 Å². The van der Waals surface area contributed by atoms with Crippen molar-refractivity contribution in [2.24, 2.45) is 5.84 Å². The summed E-state index contributed by atoms with van der Waals surface area (Å²) in [4.78, 5) is 17.6. The van der Waals surface area contributed by atoms with Gasteiger partial charge < -0.3 is 15.4 Å². The lowest BCUT2D eigenvalue weighted by Crippen LogP contribution is -2.30. The second-order valence-electron chi connectivity index (χ2n) is 3.76. The van der Waals surface area contributed by atoms with E-state index in [1.807, 2.05) is 0 Å². The highest BCUT2D eigenvalue weighted by atomic mass is 16.3. The first-order valence-electron chi connectivity index (χ1n) is 5.10. The van der Waals surface area contributed by atoms with Crippen molar-refractivity contribution in [2.75, 3.05) is 18.5 Å². The summed E-state index contributed by atoms with van der Waals surface area (Å²) < 4.78 is 0. The Hall–Kier alpha value is -1.66. The molecule has 0 saturated carbocycles. The average Bonchev–Trinajstić information content (AvgIpc) is 2.75. The van der Waals surface area contributed by atoms with E-state index in [4.69, 9.17) is 5.84 Å². The van der Waals surface area contributed by atoms with Crippen LogP contribution < -0.4 is 11.3 Å². The molecule has 86 valence electrons. The van der Waals surface area contributed by atoms with E-state index in [1.165, 1.54) is 6.20 Å². The number of aliphatic hydroxyl groups excluding tert-OH is 1. The zero-order valence-corrected chi connectivity index (χ0v) is 8.76. The highest BCUT2D eigenvalue weighted by Crippen LogP contribution is 2.18. The van der Waals surface area contributed by atoms with E-state index >= 15 is 0 Å². The topological polar surface area (TPSA) is 91.5 Å². The molecule has 0 bridgehead atoms. The van der Waals surface area contributed by atoms with Gasteiger partial charge in [-0.25, -0.2) is 0 Å². The van der Waals surface area contributed by atoms with Crippen LogP contribution in [-0.4, -0.2) is 40.1 Å². The first-order valence-corrected chi connectivity index (χ1v) is 5.10. The number of nitrogens with two attached hydrogens (primary N) is 1. The number of nitrogens with zero attached hydrogens (tertiary/aromatic N) is 2. The summed E-state index contributed by atoms with van der Waals surface area (Å²) in [7, 11) is 0. The SMILES string of the molecule is NNc1ccncc1C(=O)N1CCC(O)C1. The Morgan fingerprint density at radius 2 is 2.50 bits per heavy atom. The van der Waals surface area contributed by atoms with Gasteiger partial charge >= 0.3 is 0 Å². The predicted molar refractivity (Wildman–Crippen MR) is 58.6 cm³/mol. The molecule has 1 unspecified atom stereocenters. The second-order valence-corrected chi connectivity index (χ2v) is 3.76. The maximum atomic E-state index is 12.1. The van der Waals surface area contributed by atoms with E-state index in [0.717, 1.165) is 0 Å². The Labute approximate surface area is 93.0 Å². The van der Waals surface area contributed by atoms with Gasteiger partial charge in [0, 0.05) is 25.5 Å². The molecule has 16 heavy (non-hydrogen) atoms. The number of hydrogen-bond acceptors (Lipinski definition) is 5. The summed E-state index contributed by atoms with van der Waals surface area (Å²) in [5, 5.41) is 9.37. The largest absolute Gasteiger partial charge is 0.391 e. The number of anilines is 1. The number of pyridine rings is 1. The maximum Gasteiger partial charge on any atom is 0.257 e. The molecule has 0 radical (unpaired) electrons. The normalized spacial score (nSPS) is 19.9. The minimum atomic E-state index is -0.421. The summed E-state index contributed by atoms with van der Waals surface area (Å²) in [6.07, 6.45) is 3.24. The van der Waals surface area contributed by atoms with E-state index in [1.54, 1.807) is 17.2 Å². The van der Waals surface area contributed by atoms with Crippen LogP contribution in [-0.2, 0) is 0 Å². The number of aliphatic hydroxyl groups is 1. The molecule has 1 aromatic heterocycles. The van der Waals surface area contributed by atoms with E-state index in [9.17, 15) is 9.90 Å². The number of β-amino-alcohol motifs (C(OH)–C–C–N with tert-alkyl or cyclic N) is 1. The fourth-order valence-corrected chi connectivity index (χ4v) is 1.79. The van der Waals surface area contributed by atoms with Gasteiger partial charge in [0.2, 0.25) is 0 Å². The Balaban J connectivity index is 2.20. The molecule has 0 spiro atoms. The van der Waals surface area contributed by atoms with E-state index in [2.05, 4.69) is 10.4 Å². The number of hydrazine groups is 1. The Morgan fingerprint density at radius 1 is 1.69 bits per heavy atom. The van der Waals surface area contributed by atoms with Crippen molar-refractivity contribution in [1.82, 2.24) is 9.88 Å². The molecular weight excluding hydrogens is 208 g/mol. The van der Waals surface area contributed by atoms with Gasteiger partial charge in [-0.05, 0) is 12.5 Å². The quantitative estimate of drug-likeness (QED) is 0.466. The van der Waals surface area contributed by atoms with Crippen molar-refractivity contribution >= 4 is 11.6 Å². The van der Waals surface area contributed by atoms with Gasteiger partial charge in [-0.3, -0.25) is 15.6 Å². The van der Waals surface area contributed by atoms with Crippen LogP contribution in [0.15, 0.2) is 18.5 Å². The minimum Gasteiger partial charge on any atom is -0.391 e. The Bertz CT molecular complexity index is 396. The van der Waals surface area contributed by atoms with Crippen LogP contribution in [0.5, 0.6) is 0 Å². The predicted octanol–water partition coefficient (Wildman–Crippen LogP) is -0.426. The molecule has 1 aliphatic rings. The number of likely N-dealkylation sites (tertiary alicyclic amines) is 1. The zero-order valence-electron chi connectivity index (χ0n) is 8.76. The number of rotatable bonds is 2. The van der Waals surface area contributed by atoms with Crippen LogP contribution in [0.4, 0.5) is 5.69 Å². The highest BCUT2D eigenvalue weighted by molar-refractivity contribution is 5.99. The lowest BCUT2D eigenvalue weighted by molar-refractivity contribution is 0.0765. The summed E-state index contributed by atoms with van der Waals surface area (Å²) in [5.41, 5.74) is 3.43. The van der Waals surface area contributed by atoms with Gasteiger partial charge in [0.1, 0.15) is 0 Å². The standard InChI is InChI=1S/C10H14N4O2/c11-13-9-1-3-12-5-8(9)10(16)14-4-2-7(15)6-14/h1,3,5,7,15H,2,4,6,11H2,(H,12,13). The highest BCUT2D eigenvalue weighted by Gasteiger charge is 2.26. The molecule has 2 heterocycles. The van der Waals surface area contributed by atoms with Crippen LogP contribution in [0.2, 0.25) is 0 Å². The monoisotopic (exact) mass is 222 g/mol. The smallest absolute Gasteiger partial charge is 0.257 e. The molecular formula is C10H14N4O2. The third-order valence-electron chi connectivity index (χ3n) is 2.66. The van der Waals surface area contributed by atoms with E-state index in [0.29, 0.717) is 30.8 Å². The van der Waals surface area contributed by atoms with Gasteiger partial charge in [-0.2, -0.15) is 0 Å². The lowest BCUT2D eigenvalue weighted by Gasteiger charge is -2.17. The van der Waals surface area contributed by atoms with Crippen LogP contribution >= 0.6 is 0 Å².